The second kappa shape index (κ2) is 7.36. The Morgan fingerprint density at radius 3 is 2.31 bits per heavy atom. The van der Waals surface area contributed by atoms with Crippen LogP contribution in [0.1, 0.15) is 40.5 Å². The molecule has 0 spiro atoms. The summed E-state index contributed by atoms with van der Waals surface area (Å²) in [7, 11) is 0. The van der Waals surface area contributed by atoms with Crippen LogP contribution in [0, 0.1) is 0 Å². The summed E-state index contributed by atoms with van der Waals surface area (Å²) in [5.74, 6) is 0. The average molecular weight is 290 g/mol. The van der Waals surface area contributed by atoms with Crippen molar-refractivity contribution in [2.75, 3.05) is 0 Å². The maximum Gasteiger partial charge on any atom is 0.0148 e. The van der Waals surface area contributed by atoms with E-state index in [1.165, 1.54) is 27.6 Å². The van der Waals surface area contributed by atoms with Crippen molar-refractivity contribution in [3.63, 3.8) is 0 Å². The van der Waals surface area contributed by atoms with Crippen molar-refractivity contribution in [1.29, 1.82) is 0 Å². The topological polar surface area (TPSA) is 0 Å². The molecule has 0 unspecified atom stereocenters. The minimum absolute atomic E-state index is 1.20. The maximum absolute atomic E-state index is 2.43. The first-order valence-corrected chi connectivity index (χ1v) is 5.98. The molecule has 0 aromatic heterocycles. The molecule has 1 heteroatoms. The highest BCUT2D eigenvalue weighted by atomic mass is 127. The van der Waals surface area contributed by atoms with Gasteiger partial charge in [0, 0.05) is 3.58 Å². The van der Waals surface area contributed by atoms with Gasteiger partial charge in [-0.2, -0.15) is 0 Å². The summed E-state index contributed by atoms with van der Waals surface area (Å²) < 4.78 is 1.44. The molecule has 0 atom stereocenters. The van der Waals surface area contributed by atoms with Crippen LogP contribution in [0.2, 0.25) is 0 Å². The smallest absolute Gasteiger partial charge is 0.0148 e. The Kier molecular flexibility index (Phi) is 7.33. The first-order valence-electron chi connectivity index (χ1n) is 4.91. The van der Waals surface area contributed by atoms with Gasteiger partial charge >= 0.3 is 0 Å². The Bertz CT molecular complexity index is 228. The van der Waals surface area contributed by atoms with Gasteiger partial charge in [-0.05, 0) is 54.9 Å². The molecule has 0 amide bonds. The van der Waals surface area contributed by atoms with Gasteiger partial charge < -0.3 is 0 Å². The fraction of sp³-hybridized carbons (Fsp3) is 0.500. The van der Waals surface area contributed by atoms with E-state index in [9.17, 15) is 0 Å². The van der Waals surface area contributed by atoms with Crippen molar-refractivity contribution in [2.45, 2.75) is 40.5 Å². The Labute approximate surface area is 95.9 Å². The van der Waals surface area contributed by atoms with Gasteiger partial charge in [-0.3, -0.25) is 0 Å². The van der Waals surface area contributed by atoms with Crippen LogP contribution in [0.3, 0.4) is 0 Å². The van der Waals surface area contributed by atoms with E-state index < -0.39 is 0 Å². The molecule has 1 aliphatic rings. The highest BCUT2D eigenvalue weighted by Gasteiger charge is 2.03. The zero-order chi connectivity index (χ0) is 10.3. The van der Waals surface area contributed by atoms with Crippen LogP contribution in [0.5, 0.6) is 0 Å². The molecule has 0 fully saturated rings. The normalized spacial score (nSPS) is 14.1. The fourth-order valence-electron chi connectivity index (χ4n) is 1.11. The van der Waals surface area contributed by atoms with Gasteiger partial charge in [0.2, 0.25) is 0 Å². The molecule has 74 valence electrons. The van der Waals surface area contributed by atoms with Gasteiger partial charge in [0.15, 0.2) is 0 Å². The first kappa shape index (κ1) is 12.9. The van der Waals surface area contributed by atoms with E-state index in [1.807, 2.05) is 13.8 Å². The summed E-state index contributed by atoms with van der Waals surface area (Å²) in [5.41, 5.74) is 2.92. The average Bonchev–Trinajstić information content (AvgIpc) is 2.21. The molecule has 0 aromatic carbocycles. The lowest BCUT2D eigenvalue weighted by Crippen LogP contribution is -1.88. The third-order valence-electron chi connectivity index (χ3n) is 1.73. The van der Waals surface area contributed by atoms with Crippen LogP contribution < -0.4 is 0 Å². The zero-order valence-electron chi connectivity index (χ0n) is 9.02. The quantitative estimate of drug-likeness (QED) is 0.595. The van der Waals surface area contributed by atoms with Crippen molar-refractivity contribution in [3.8, 4) is 0 Å². The van der Waals surface area contributed by atoms with Gasteiger partial charge in [0.25, 0.3) is 0 Å². The molecule has 0 aromatic rings. The van der Waals surface area contributed by atoms with Crippen LogP contribution in [-0.4, -0.2) is 0 Å². The van der Waals surface area contributed by atoms with Crippen LogP contribution in [0.25, 0.3) is 0 Å². The molecule has 1 aliphatic carbocycles. The number of hydrogen-bond donors (Lipinski definition) is 0. The predicted octanol–water partition coefficient (Wildman–Crippen LogP) is 5.02. The molecule has 13 heavy (non-hydrogen) atoms. The lowest BCUT2D eigenvalue weighted by molar-refractivity contribution is 0.984. The lowest BCUT2D eigenvalue weighted by Gasteiger charge is -2.09. The highest BCUT2D eigenvalue weighted by Crippen LogP contribution is 2.27. The van der Waals surface area contributed by atoms with E-state index in [1.54, 1.807) is 0 Å². The summed E-state index contributed by atoms with van der Waals surface area (Å²) in [6.45, 7) is 8.34. The zero-order valence-corrected chi connectivity index (χ0v) is 11.2. The Morgan fingerprint density at radius 2 is 1.92 bits per heavy atom. The van der Waals surface area contributed by atoms with Crippen molar-refractivity contribution >= 4 is 22.6 Å². The molecular formula is C12H19I. The summed E-state index contributed by atoms with van der Waals surface area (Å²) in [5, 5.41) is 0. The van der Waals surface area contributed by atoms with Crippen LogP contribution in [0.4, 0.5) is 0 Å². The fourth-order valence-corrected chi connectivity index (χ4v) is 1.56. The highest BCUT2D eigenvalue weighted by molar-refractivity contribution is 14.1. The third-order valence-corrected chi connectivity index (χ3v) is 3.51. The molecule has 0 N–H and O–H groups in total. The summed E-state index contributed by atoms with van der Waals surface area (Å²) in [6, 6.07) is 0. The van der Waals surface area contributed by atoms with E-state index in [0.717, 1.165) is 0 Å². The molecule has 0 saturated heterocycles. The standard InChI is InChI=1S/C10H13I.C2H6/c1-8(2)10(11)9-6-4-3-5-7-9;1-2/h3-4,6H,5,7H2,1-2H3;1-2H3. The van der Waals surface area contributed by atoms with Crippen LogP contribution >= 0.6 is 22.6 Å². The molecule has 0 nitrogen and oxygen atoms in total. The molecular weight excluding hydrogens is 271 g/mol. The third kappa shape index (κ3) is 4.65. The Hall–Kier alpha value is -0.0500. The van der Waals surface area contributed by atoms with E-state index in [-0.39, 0.29) is 0 Å². The number of rotatable bonds is 1. The summed E-state index contributed by atoms with van der Waals surface area (Å²) >= 11 is 2.43. The van der Waals surface area contributed by atoms with Gasteiger partial charge in [-0.1, -0.05) is 37.6 Å². The maximum atomic E-state index is 2.43. The van der Waals surface area contributed by atoms with Gasteiger partial charge in [0.05, 0.1) is 0 Å². The molecule has 0 bridgehead atoms. The second-order valence-corrected chi connectivity index (χ2v) is 4.05. The minimum Gasteiger partial charge on any atom is -0.0842 e. The van der Waals surface area contributed by atoms with Crippen LogP contribution in [-0.2, 0) is 0 Å². The molecule has 0 aliphatic heterocycles. The van der Waals surface area contributed by atoms with E-state index in [2.05, 4.69) is 54.7 Å². The number of halogens is 1. The second-order valence-electron chi connectivity index (χ2n) is 2.97. The number of allylic oxidation sites excluding steroid dienone is 6. The Balaban J connectivity index is 0.000000671. The van der Waals surface area contributed by atoms with Crippen molar-refractivity contribution in [3.05, 3.63) is 33.0 Å². The summed E-state index contributed by atoms with van der Waals surface area (Å²) in [4.78, 5) is 0. The van der Waals surface area contributed by atoms with Crippen molar-refractivity contribution in [2.24, 2.45) is 0 Å². The monoisotopic (exact) mass is 290 g/mol. The van der Waals surface area contributed by atoms with E-state index >= 15 is 0 Å². The molecule has 0 heterocycles. The number of hydrogen-bond acceptors (Lipinski definition) is 0. The molecule has 0 saturated carbocycles. The Morgan fingerprint density at radius 1 is 1.31 bits per heavy atom. The van der Waals surface area contributed by atoms with Gasteiger partial charge in [-0.15, -0.1) is 0 Å². The lowest BCUT2D eigenvalue weighted by atomic mass is 10.0. The van der Waals surface area contributed by atoms with Gasteiger partial charge in [-0.25, -0.2) is 0 Å². The van der Waals surface area contributed by atoms with E-state index in [0.29, 0.717) is 0 Å². The van der Waals surface area contributed by atoms with Crippen LogP contribution in [0.15, 0.2) is 33.0 Å². The largest absolute Gasteiger partial charge is 0.0842 e. The van der Waals surface area contributed by atoms with E-state index in [4.69, 9.17) is 0 Å². The summed E-state index contributed by atoms with van der Waals surface area (Å²) in [6.07, 6.45) is 9.00. The molecule has 1 rings (SSSR count). The first-order chi connectivity index (χ1) is 6.22. The molecule has 0 radical (unpaired) electrons. The SMILES string of the molecule is CC.CC(C)=C(I)C1=CC=CCC1. The minimum atomic E-state index is 1.20. The van der Waals surface area contributed by atoms with Crippen molar-refractivity contribution in [1.82, 2.24) is 0 Å². The predicted molar refractivity (Wildman–Crippen MR) is 70.2 cm³/mol. The van der Waals surface area contributed by atoms with Crippen molar-refractivity contribution < 1.29 is 0 Å². The van der Waals surface area contributed by atoms with Gasteiger partial charge in [0.1, 0.15) is 0 Å².